The van der Waals surface area contributed by atoms with E-state index < -0.39 is 28.5 Å². The average molecular weight is 574 g/mol. The van der Waals surface area contributed by atoms with Crippen molar-refractivity contribution in [2.24, 2.45) is 0 Å². The van der Waals surface area contributed by atoms with Crippen LogP contribution in [0.3, 0.4) is 0 Å². The zero-order valence-corrected chi connectivity index (χ0v) is 23.8. The van der Waals surface area contributed by atoms with Gasteiger partial charge < -0.3 is 19.7 Å². The minimum Gasteiger partial charge on any atom is -0.497 e. The average Bonchev–Trinajstić information content (AvgIpc) is 2.94. The molecule has 0 aliphatic carbocycles. The Labute approximate surface area is 234 Å². The van der Waals surface area contributed by atoms with Gasteiger partial charge in [-0.05, 0) is 80.1 Å². The number of carbonyl (C=O) groups excluding carboxylic acids is 2. The molecule has 0 aliphatic rings. The molecule has 0 bridgehead atoms. The van der Waals surface area contributed by atoms with Crippen molar-refractivity contribution >= 4 is 39.1 Å². The monoisotopic (exact) mass is 573 g/mol. The Morgan fingerprint density at radius 1 is 1.00 bits per heavy atom. The number of hydrogen-bond acceptors (Lipinski definition) is 6. The van der Waals surface area contributed by atoms with Crippen LogP contribution < -0.4 is 19.1 Å². The third-order valence-electron chi connectivity index (χ3n) is 6.02. The molecule has 1 atom stereocenters. The van der Waals surface area contributed by atoms with Crippen LogP contribution in [0.15, 0.2) is 77.7 Å². The quantitative estimate of drug-likeness (QED) is 0.350. The topological polar surface area (TPSA) is 105 Å². The predicted molar refractivity (Wildman–Crippen MR) is 151 cm³/mol. The Bertz CT molecular complexity index is 1380. The van der Waals surface area contributed by atoms with E-state index in [9.17, 15) is 18.0 Å². The van der Waals surface area contributed by atoms with Crippen molar-refractivity contribution in [3.63, 3.8) is 0 Å². The van der Waals surface area contributed by atoms with Crippen molar-refractivity contribution in [2.45, 2.75) is 31.3 Å². The number of methoxy groups -OCH3 is 1. The van der Waals surface area contributed by atoms with Crippen LogP contribution in [-0.4, -0.2) is 58.5 Å². The van der Waals surface area contributed by atoms with E-state index in [1.165, 1.54) is 43.3 Å². The molecule has 0 unspecified atom stereocenters. The SMILES string of the molecule is CCOc1ccc(N(CC(=O)N(Cc2cccc(OC)c2)[C@H](C)C(=O)NC)S(=O)(=O)c2ccc(Cl)cc2)cc1. The summed E-state index contributed by atoms with van der Waals surface area (Å²) in [6.45, 7) is 3.38. The molecule has 3 rings (SSSR count). The number of benzene rings is 3. The van der Waals surface area contributed by atoms with E-state index in [1.54, 1.807) is 55.5 Å². The van der Waals surface area contributed by atoms with Crippen LogP contribution in [0.2, 0.25) is 5.02 Å². The number of likely N-dealkylation sites (N-methyl/N-ethyl adjacent to an activating group) is 1. The number of ether oxygens (including phenoxy) is 2. The molecule has 0 heterocycles. The zero-order chi connectivity index (χ0) is 28.6. The number of sulfonamides is 1. The Hall–Kier alpha value is -3.76. The third kappa shape index (κ3) is 7.42. The molecular formula is C28H32ClN3O6S. The maximum atomic E-state index is 13.8. The first-order valence-electron chi connectivity index (χ1n) is 12.3. The summed E-state index contributed by atoms with van der Waals surface area (Å²) in [4.78, 5) is 27.7. The highest BCUT2D eigenvalue weighted by molar-refractivity contribution is 7.92. The summed E-state index contributed by atoms with van der Waals surface area (Å²) in [5.74, 6) is 0.192. The van der Waals surface area contributed by atoms with Crippen molar-refractivity contribution in [1.82, 2.24) is 10.2 Å². The number of carbonyl (C=O) groups is 2. The summed E-state index contributed by atoms with van der Waals surface area (Å²) >= 11 is 5.98. The van der Waals surface area contributed by atoms with Gasteiger partial charge in [0.15, 0.2) is 0 Å². The van der Waals surface area contributed by atoms with E-state index in [-0.39, 0.29) is 23.0 Å². The van der Waals surface area contributed by atoms with Crippen LogP contribution in [0, 0.1) is 0 Å². The second kappa shape index (κ2) is 13.3. The molecule has 1 N–H and O–H groups in total. The molecule has 0 aromatic heterocycles. The Kier molecular flexibility index (Phi) is 10.2. The molecule has 0 spiro atoms. The van der Waals surface area contributed by atoms with E-state index in [1.807, 2.05) is 6.92 Å². The standard InChI is InChI=1S/C28H32ClN3O6S/c1-5-38-24-13-11-23(12-14-24)32(39(35,36)26-15-9-22(29)10-16-26)19-27(33)31(20(2)28(34)30-3)18-21-7-6-8-25(17-21)37-4/h6-17,20H,5,18-19H2,1-4H3,(H,30,34)/t20-/m1/s1. The molecule has 0 saturated carbocycles. The van der Waals surface area contributed by atoms with Gasteiger partial charge in [-0.15, -0.1) is 0 Å². The van der Waals surface area contributed by atoms with Gasteiger partial charge in [0, 0.05) is 18.6 Å². The van der Waals surface area contributed by atoms with Gasteiger partial charge in [-0.1, -0.05) is 23.7 Å². The van der Waals surface area contributed by atoms with Gasteiger partial charge in [0.2, 0.25) is 11.8 Å². The molecule has 0 saturated heterocycles. The highest BCUT2D eigenvalue weighted by Gasteiger charge is 2.32. The molecule has 2 amide bonds. The molecule has 0 fully saturated rings. The molecule has 9 nitrogen and oxygen atoms in total. The maximum absolute atomic E-state index is 13.8. The molecule has 11 heteroatoms. The van der Waals surface area contributed by atoms with Crippen LogP contribution in [0.4, 0.5) is 5.69 Å². The summed E-state index contributed by atoms with van der Waals surface area (Å²) < 4.78 is 39.4. The summed E-state index contributed by atoms with van der Waals surface area (Å²) in [5.41, 5.74) is 0.974. The minimum atomic E-state index is -4.19. The summed E-state index contributed by atoms with van der Waals surface area (Å²) in [5, 5.41) is 2.93. The maximum Gasteiger partial charge on any atom is 0.264 e. The van der Waals surface area contributed by atoms with Gasteiger partial charge in [0.25, 0.3) is 10.0 Å². The fraction of sp³-hybridized carbons (Fsp3) is 0.286. The highest BCUT2D eigenvalue weighted by atomic mass is 35.5. The lowest BCUT2D eigenvalue weighted by Crippen LogP contribution is -2.50. The van der Waals surface area contributed by atoms with Crippen LogP contribution in [0.25, 0.3) is 0 Å². The largest absolute Gasteiger partial charge is 0.497 e. The van der Waals surface area contributed by atoms with E-state index in [0.29, 0.717) is 28.7 Å². The van der Waals surface area contributed by atoms with Crippen LogP contribution in [0.5, 0.6) is 11.5 Å². The van der Waals surface area contributed by atoms with Gasteiger partial charge in [-0.25, -0.2) is 8.42 Å². The van der Waals surface area contributed by atoms with Gasteiger partial charge >= 0.3 is 0 Å². The van der Waals surface area contributed by atoms with Crippen molar-refractivity contribution in [3.05, 3.63) is 83.4 Å². The van der Waals surface area contributed by atoms with E-state index in [0.717, 1.165) is 4.31 Å². The zero-order valence-electron chi connectivity index (χ0n) is 22.3. The summed E-state index contributed by atoms with van der Waals surface area (Å²) in [6, 6.07) is 18.3. The third-order valence-corrected chi connectivity index (χ3v) is 8.06. The Morgan fingerprint density at radius 3 is 2.26 bits per heavy atom. The number of hydrogen-bond donors (Lipinski definition) is 1. The number of anilines is 1. The van der Waals surface area contributed by atoms with Crippen molar-refractivity contribution in [1.29, 1.82) is 0 Å². The molecule has 3 aromatic rings. The van der Waals surface area contributed by atoms with Gasteiger partial charge in [0.1, 0.15) is 24.1 Å². The van der Waals surface area contributed by atoms with Crippen molar-refractivity contribution in [3.8, 4) is 11.5 Å². The van der Waals surface area contributed by atoms with Gasteiger partial charge in [-0.2, -0.15) is 0 Å². The predicted octanol–water partition coefficient (Wildman–Crippen LogP) is 4.11. The van der Waals surface area contributed by atoms with Gasteiger partial charge in [-0.3, -0.25) is 13.9 Å². The lowest BCUT2D eigenvalue weighted by atomic mass is 10.1. The number of amides is 2. The first-order chi connectivity index (χ1) is 18.6. The van der Waals surface area contributed by atoms with E-state index >= 15 is 0 Å². The molecule has 208 valence electrons. The minimum absolute atomic E-state index is 0.0349. The Balaban J connectivity index is 2.03. The smallest absolute Gasteiger partial charge is 0.264 e. The van der Waals surface area contributed by atoms with Crippen LogP contribution in [0.1, 0.15) is 19.4 Å². The molecule has 3 aromatic carbocycles. The molecule has 0 radical (unpaired) electrons. The number of halogens is 1. The number of nitrogens with zero attached hydrogens (tertiary/aromatic N) is 2. The first kappa shape index (κ1) is 29.8. The highest BCUT2D eigenvalue weighted by Crippen LogP contribution is 2.27. The lowest BCUT2D eigenvalue weighted by Gasteiger charge is -2.32. The molecule has 39 heavy (non-hydrogen) atoms. The first-order valence-corrected chi connectivity index (χ1v) is 14.1. The fourth-order valence-electron chi connectivity index (χ4n) is 3.90. The van der Waals surface area contributed by atoms with E-state index in [2.05, 4.69) is 5.32 Å². The second-order valence-corrected chi connectivity index (χ2v) is 10.9. The molecular weight excluding hydrogens is 542 g/mol. The summed E-state index contributed by atoms with van der Waals surface area (Å²) in [7, 11) is -1.18. The number of nitrogens with one attached hydrogen (secondary N) is 1. The van der Waals surface area contributed by atoms with Crippen LogP contribution in [-0.2, 0) is 26.2 Å². The normalized spacial score (nSPS) is 11.8. The second-order valence-electron chi connectivity index (χ2n) is 8.56. The van der Waals surface area contributed by atoms with Crippen LogP contribution >= 0.6 is 11.6 Å². The van der Waals surface area contributed by atoms with E-state index in [4.69, 9.17) is 21.1 Å². The molecule has 0 aliphatic heterocycles. The lowest BCUT2D eigenvalue weighted by molar-refractivity contribution is -0.139. The van der Waals surface area contributed by atoms with Crippen molar-refractivity contribution < 1.29 is 27.5 Å². The fourth-order valence-corrected chi connectivity index (χ4v) is 5.44. The van der Waals surface area contributed by atoms with Crippen molar-refractivity contribution in [2.75, 3.05) is 31.6 Å². The Morgan fingerprint density at radius 2 is 1.67 bits per heavy atom. The summed E-state index contributed by atoms with van der Waals surface area (Å²) in [6.07, 6.45) is 0. The van der Waals surface area contributed by atoms with Gasteiger partial charge in [0.05, 0.1) is 24.3 Å². The number of rotatable bonds is 12.